The quantitative estimate of drug-likeness (QED) is 0.769. The zero-order chi connectivity index (χ0) is 14.7. The van der Waals surface area contributed by atoms with E-state index in [1.165, 1.54) is 38.5 Å². The zero-order valence-electron chi connectivity index (χ0n) is 13.2. The Labute approximate surface area is 128 Å². The van der Waals surface area contributed by atoms with Gasteiger partial charge in [0.1, 0.15) is 0 Å². The largest absolute Gasteiger partial charge is 0.293 e. The molecule has 2 heteroatoms. The summed E-state index contributed by atoms with van der Waals surface area (Å²) in [6.07, 6.45) is 9.19. The molecule has 1 saturated carbocycles. The van der Waals surface area contributed by atoms with Crippen molar-refractivity contribution in [1.82, 2.24) is 4.90 Å². The van der Waals surface area contributed by atoms with Crippen molar-refractivity contribution in [2.75, 3.05) is 13.1 Å². The van der Waals surface area contributed by atoms with Crippen molar-refractivity contribution >= 4 is 5.78 Å². The second-order valence-electron chi connectivity index (χ2n) is 6.90. The fraction of sp³-hybridized carbons (Fsp3) is 0.632. The van der Waals surface area contributed by atoms with Crippen LogP contribution in [0.15, 0.2) is 30.3 Å². The number of piperidine rings is 1. The van der Waals surface area contributed by atoms with Gasteiger partial charge < -0.3 is 0 Å². The lowest BCUT2D eigenvalue weighted by Gasteiger charge is -2.42. The number of benzene rings is 1. The Bertz CT molecular complexity index is 466. The van der Waals surface area contributed by atoms with Gasteiger partial charge in [-0.2, -0.15) is 0 Å². The lowest BCUT2D eigenvalue weighted by Crippen LogP contribution is -2.47. The van der Waals surface area contributed by atoms with Gasteiger partial charge in [0.25, 0.3) is 0 Å². The summed E-state index contributed by atoms with van der Waals surface area (Å²) in [6.45, 7) is 4.36. The first-order chi connectivity index (χ1) is 10.2. The Morgan fingerprint density at radius 2 is 1.71 bits per heavy atom. The van der Waals surface area contributed by atoms with Crippen LogP contribution in [0.4, 0.5) is 0 Å². The molecule has 1 atom stereocenters. The Morgan fingerprint density at radius 1 is 1.10 bits per heavy atom. The highest BCUT2D eigenvalue weighted by atomic mass is 16.1. The summed E-state index contributed by atoms with van der Waals surface area (Å²) < 4.78 is 0. The van der Waals surface area contributed by atoms with Gasteiger partial charge in [-0.05, 0) is 50.6 Å². The number of carbonyl (C=O) groups is 1. The average Bonchev–Trinajstić information content (AvgIpc) is 2.99. The van der Waals surface area contributed by atoms with Gasteiger partial charge in [-0.3, -0.25) is 9.69 Å². The number of ketones is 1. The summed E-state index contributed by atoms with van der Waals surface area (Å²) in [5.74, 6) is 0.306. The minimum Gasteiger partial charge on any atom is -0.293 e. The fourth-order valence-corrected chi connectivity index (χ4v) is 4.34. The maximum Gasteiger partial charge on any atom is 0.179 e. The van der Waals surface area contributed by atoms with Crippen molar-refractivity contribution in [3.8, 4) is 0 Å². The maximum absolute atomic E-state index is 12.7. The molecular formula is C19H27NO. The van der Waals surface area contributed by atoms with Crippen molar-refractivity contribution in [2.24, 2.45) is 5.41 Å². The third-order valence-electron chi connectivity index (χ3n) is 5.71. The van der Waals surface area contributed by atoms with E-state index in [1.54, 1.807) is 0 Å². The second-order valence-corrected chi connectivity index (χ2v) is 6.90. The van der Waals surface area contributed by atoms with Gasteiger partial charge in [-0.15, -0.1) is 0 Å². The van der Waals surface area contributed by atoms with E-state index in [9.17, 15) is 4.79 Å². The molecule has 0 N–H and O–H groups in total. The average molecular weight is 285 g/mol. The van der Waals surface area contributed by atoms with Crippen LogP contribution in [-0.2, 0) is 0 Å². The zero-order valence-corrected chi connectivity index (χ0v) is 13.2. The lowest BCUT2D eigenvalue weighted by atomic mass is 9.76. The van der Waals surface area contributed by atoms with Crippen LogP contribution in [0.1, 0.15) is 62.2 Å². The van der Waals surface area contributed by atoms with Crippen LogP contribution >= 0.6 is 0 Å². The van der Waals surface area contributed by atoms with Crippen molar-refractivity contribution in [3.05, 3.63) is 35.9 Å². The number of Topliss-reactive ketones (excluding diaryl/α,β-unsaturated/α-hetero) is 1. The first-order valence-electron chi connectivity index (χ1n) is 8.57. The SMILES string of the molecule is CCC(C(=O)c1ccccc1)N1CCC2(CCCC2)CC1. The van der Waals surface area contributed by atoms with Gasteiger partial charge in [0.05, 0.1) is 6.04 Å². The summed E-state index contributed by atoms with van der Waals surface area (Å²) in [4.78, 5) is 15.2. The molecule has 1 aliphatic heterocycles. The highest BCUT2D eigenvalue weighted by molar-refractivity contribution is 6.00. The van der Waals surface area contributed by atoms with Crippen LogP contribution in [-0.4, -0.2) is 29.8 Å². The van der Waals surface area contributed by atoms with Crippen LogP contribution in [0.3, 0.4) is 0 Å². The molecule has 21 heavy (non-hydrogen) atoms. The fourth-order valence-electron chi connectivity index (χ4n) is 4.34. The van der Waals surface area contributed by atoms with E-state index in [4.69, 9.17) is 0 Å². The normalized spacial score (nSPS) is 23.3. The molecule has 0 bridgehead atoms. The summed E-state index contributed by atoms with van der Waals surface area (Å²) in [6, 6.07) is 9.88. The standard InChI is InChI=1S/C19H27NO/c1-2-17(18(21)16-8-4-3-5-9-16)20-14-12-19(13-15-20)10-6-7-11-19/h3-5,8-9,17H,2,6-7,10-15H2,1H3. The molecule has 114 valence electrons. The number of hydrogen-bond donors (Lipinski definition) is 0. The number of rotatable bonds is 4. The molecule has 0 aromatic heterocycles. The van der Waals surface area contributed by atoms with Crippen LogP contribution in [0.25, 0.3) is 0 Å². The van der Waals surface area contributed by atoms with Crippen molar-refractivity contribution in [3.63, 3.8) is 0 Å². The monoisotopic (exact) mass is 285 g/mol. The third kappa shape index (κ3) is 3.06. The van der Waals surface area contributed by atoms with E-state index in [0.717, 1.165) is 25.1 Å². The molecule has 2 nitrogen and oxygen atoms in total. The van der Waals surface area contributed by atoms with Gasteiger partial charge >= 0.3 is 0 Å². The van der Waals surface area contributed by atoms with E-state index in [0.29, 0.717) is 11.2 Å². The Morgan fingerprint density at radius 3 is 2.29 bits per heavy atom. The van der Waals surface area contributed by atoms with Crippen LogP contribution in [0.2, 0.25) is 0 Å². The smallest absolute Gasteiger partial charge is 0.179 e. The van der Waals surface area contributed by atoms with Crippen LogP contribution in [0, 0.1) is 5.41 Å². The summed E-state index contributed by atoms with van der Waals surface area (Å²) in [7, 11) is 0. The first kappa shape index (κ1) is 14.8. The van der Waals surface area contributed by atoms with E-state index in [2.05, 4.69) is 11.8 Å². The number of carbonyl (C=O) groups excluding carboxylic acids is 1. The second kappa shape index (κ2) is 6.31. The maximum atomic E-state index is 12.7. The minimum atomic E-state index is 0.0751. The molecule has 0 radical (unpaired) electrons. The molecule has 2 fully saturated rings. The Balaban J connectivity index is 1.66. The van der Waals surface area contributed by atoms with E-state index >= 15 is 0 Å². The molecular weight excluding hydrogens is 258 g/mol. The number of likely N-dealkylation sites (tertiary alicyclic amines) is 1. The molecule has 1 saturated heterocycles. The first-order valence-corrected chi connectivity index (χ1v) is 8.57. The number of nitrogens with zero attached hydrogens (tertiary/aromatic N) is 1. The third-order valence-corrected chi connectivity index (χ3v) is 5.71. The molecule has 1 aromatic carbocycles. The Hall–Kier alpha value is -1.15. The van der Waals surface area contributed by atoms with Crippen molar-refractivity contribution in [2.45, 2.75) is 57.9 Å². The van der Waals surface area contributed by atoms with Gasteiger partial charge in [0, 0.05) is 5.56 Å². The molecule has 1 heterocycles. The van der Waals surface area contributed by atoms with Crippen LogP contribution < -0.4 is 0 Å². The van der Waals surface area contributed by atoms with E-state index < -0.39 is 0 Å². The Kier molecular flexibility index (Phi) is 4.44. The highest BCUT2D eigenvalue weighted by Gasteiger charge is 2.39. The summed E-state index contributed by atoms with van der Waals surface area (Å²) in [5.41, 5.74) is 1.50. The minimum absolute atomic E-state index is 0.0751. The van der Waals surface area contributed by atoms with Crippen molar-refractivity contribution < 1.29 is 4.79 Å². The van der Waals surface area contributed by atoms with Gasteiger partial charge in [-0.25, -0.2) is 0 Å². The highest BCUT2D eigenvalue weighted by Crippen LogP contribution is 2.46. The topological polar surface area (TPSA) is 20.3 Å². The number of hydrogen-bond acceptors (Lipinski definition) is 2. The van der Waals surface area contributed by atoms with E-state index in [1.807, 2.05) is 30.3 Å². The predicted octanol–water partition coefficient (Wildman–Crippen LogP) is 4.30. The molecule has 1 aromatic rings. The molecule has 3 rings (SSSR count). The summed E-state index contributed by atoms with van der Waals surface area (Å²) >= 11 is 0. The molecule has 1 unspecified atom stereocenters. The lowest BCUT2D eigenvalue weighted by molar-refractivity contribution is 0.0575. The molecule has 2 aliphatic rings. The van der Waals surface area contributed by atoms with Gasteiger partial charge in [0.15, 0.2) is 5.78 Å². The van der Waals surface area contributed by atoms with Crippen LogP contribution in [0.5, 0.6) is 0 Å². The predicted molar refractivity (Wildman–Crippen MR) is 86.6 cm³/mol. The van der Waals surface area contributed by atoms with Crippen molar-refractivity contribution in [1.29, 1.82) is 0 Å². The molecule has 1 aliphatic carbocycles. The molecule has 1 spiro atoms. The molecule has 0 amide bonds. The summed E-state index contributed by atoms with van der Waals surface area (Å²) in [5, 5.41) is 0. The van der Waals surface area contributed by atoms with E-state index in [-0.39, 0.29) is 6.04 Å². The van der Waals surface area contributed by atoms with Gasteiger partial charge in [-0.1, -0.05) is 50.1 Å². The van der Waals surface area contributed by atoms with Gasteiger partial charge in [0.2, 0.25) is 0 Å².